The number of carbonyl (C=O) groups excluding carboxylic acids is 1. The molecule has 4 nitrogen and oxygen atoms in total. The number of methoxy groups -OCH3 is 1. The first kappa shape index (κ1) is 16.0. The second-order valence-electron chi connectivity index (χ2n) is 5.75. The van der Waals surface area contributed by atoms with Crippen LogP contribution in [0.2, 0.25) is 0 Å². The van der Waals surface area contributed by atoms with Gasteiger partial charge in [-0.05, 0) is 24.3 Å². The van der Waals surface area contributed by atoms with Crippen LogP contribution in [-0.2, 0) is 9.53 Å². The molecule has 1 aromatic rings. The van der Waals surface area contributed by atoms with Crippen LogP contribution in [0.15, 0.2) is 30.3 Å². The Hall–Kier alpha value is -1.39. The minimum absolute atomic E-state index is 0.0358. The quantitative estimate of drug-likeness (QED) is 0.905. The number of benzene rings is 1. The zero-order valence-electron chi connectivity index (χ0n) is 13.0. The third kappa shape index (κ3) is 3.63. The molecule has 1 aliphatic heterocycles. The first-order valence-corrected chi connectivity index (χ1v) is 7.79. The van der Waals surface area contributed by atoms with E-state index in [1.807, 2.05) is 35.2 Å². The summed E-state index contributed by atoms with van der Waals surface area (Å²) in [5.41, 5.74) is 6.80. The predicted octanol–water partition coefficient (Wildman–Crippen LogP) is 2.35. The standard InChI is InChI=1S/C17H26N2O2/c1-3-13-9-10-19(15(11-13)12-18)17(20)16(21-2)14-7-5-4-6-8-14/h4-8,13,15-16H,3,9-12,18H2,1-2H3. The van der Waals surface area contributed by atoms with Gasteiger partial charge in [-0.1, -0.05) is 43.7 Å². The lowest BCUT2D eigenvalue weighted by Gasteiger charge is -2.40. The molecule has 4 heteroatoms. The molecule has 1 aliphatic rings. The van der Waals surface area contributed by atoms with Crippen LogP contribution in [0, 0.1) is 5.92 Å². The van der Waals surface area contributed by atoms with E-state index in [1.165, 1.54) is 0 Å². The van der Waals surface area contributed by atoms with Crippen LogP contribution >= 0.6 is 0 Å². The van der Waals surface area contributed by atoms with Crippen LogP contribution in [0.3, 0.4) is 0 Å². The molecule has 1 saturated heterocycles. The zero-order chi connectivity index (χ0) is 15.2. The molecule has 1 fully saturated rings. The van der Waals surface area contributed by atoms with Gasteiger partial charge in [-0.15, -0.1) is 0 Å². The lowest BCUT2D eigenvalue weighted by Crippen LogP contribution is -2.51. The number of hydrogen-bond donors (Lipinski definition) is 1. The fraction of sp³-hybridized carbons (Fsp3) is 0.588. The summed E-state index contributed by atoms with van der Waals surface area (Å²) in [6.07, 6.45) is 2.69. The molecular weight excluding hydrogens is 264 g/mol. The molecule has 21 heavy (non-hydrogen) atoms. The van der Waals surface area contributed by atoms with Crippen LogP contribution < -0.4 is 5.73 Å². The molecule has 1 amide bonds. The van der Waals surface area contributed by atoms with E-state index in [1.54, 1.807) is 7.11 Å². The first-order valence-electron chi connectivity index (χ1n) is 7.79. The number of ether oxygens (including phenoxy) is 1. The summed E-state index contributed by atoms with van der Waals surface area (Å²) in [6.45, 7) is 3.51. The van der Waals surface area contributed by atoms with Gasteiger partial charge in [0.05, 0.1) is 0 Å². The van der Waals surface area contributed by atoms with Crippen LogP contribution in [0.4, 0.5) is 0 Å². The maximum absolute atomic E-state index is 12.8. The maximum Gasteiger partial charge on any atom is 0.256 e. The van der Waals surface area contributed by atoms with Crippen LogP contribution in [0.25, 0.3) is 0 Å². The summed E-state index contributed by atoms with van der Waals surface area (Å²) in [5, 5.41) is 0. The lowest BCUT2D eigenvalue weighted by atomic mass is 9.88. The van der Waals surface area contributed by atoms with Crippen molar-refractivity contribution in [1.82, 2.24) is 4.90 Å². The van der Waals surface area contributed by atoms with Crippen molar-refractivity contribution in [3.05, 3.63) is 35.9 Å². The Morgan fingerprint density at radius 1 is 1.43 bits per heavy atom. The number of amides is 1. The van der Waals surface area contributed by atoms with Gasteiger partial charge in [-0.25, -0.2) is 0 Å². The average molecular weight is 290 g/mol. The van der Waals surface area contributed by atoms with Gasteiger partial charge in [0.1, 0.15) is 0 Å². The molecule has 0 aliphatic carbocycles. The van der Waals surface area contributed by atoms with Crippen molar-refractivity contribution >= 4 is 5.91 Å². The minimum atomic E-state index is -0.529. The van der Waals surface area contributed by atoms with E-state index in [4.69, 9.17) is 10.5 Å². The SMILES string of the molecule is CCC1CCN(C(=O)C(OC)c2ccccc2)C(CN)C1. The number of likely N-dealkylation sites (tertiary alicyclic amines) is 1. The second-order valence-corrected chi connectivity index (χ2v) is 5.75. The predicted molar refractivity (Wildman–Crippen MR) is 83.8 cm³/mol. The van der Waals surface area contributed by atoms with E-state index < -0.39 is 6.10 Å². The van der Waals surface area contributed by atoms with E-state index in [0.717, 1.165) is 31.4 Å². The van der Waals surface area contributed by atoms with Gasteiger partial charge in [0, 0.05) is 26.2 Å². The van der Waals surface area contributed by atoms with Gasteiger partial charge in [0.25, 0.3) is 5.91 Å². The topological polar surface area (TPSA) is 55.6 Å². The van der Waals surface area contributed by atoms with E-state index in [2.05, 4.69) is 6.92 Å². The Labute approximate surface area is 127 Å². The minimum Gasteiger partial charge on any atom is -0.367 e. The fourth-order valence-corrected chi connectivity index (χ4v) is 3.18. The van der Waals surface area contributed by atoms with Crippen LogP contribution in [0.5, 0.6) is 0 Å². The van der Waals surface area contributed by atoms with Gasteiger partial charge >= 0.3 is 0 Å². The fourth-order valence-electron chi connectivity index (χ4n) is 3.18. The van der Waals surface area contributed by atoms with Crippen molar-refractivity contribution < 1.29 is 9.53 Å². The van der Waals surface area contributed by atoms with Gasteiger partial charge in [0.2, 0.25) is 0 Å². The summed E-state index contributed by atoms with van der Waals surface area (Å²) in [6, 6.07) is 9.80. The molecule has 3 atom stereocenters. The van der Waals surface area contributed by atoms with Gasteiger partial charge in [-0.3, -0.25) is 4.79 Å². The Bertz CT molecular complexity index is 449. The molecule has 116 valence electrons. The molecule has 0 spiro atoms. The number of carbonyl (C=O) groups is 1. The summed E-state index contributed by atoms with van der Waals surface area (Å²) in [5.74, 6) is 0.717. The number of nitrogens with zero attached hydrogens (tertiary/aromatic N) is 1. The van der Waals surface area contributed by atoms with Gasteiger partial charge in [-0.2, -0.15) is 0 Å². The molecule has 0 radical (unpaired) electrons. The van der Waals surface area contributed by atoms with Crippen molar-refractivity contribution in [3.63, 3.8) is 0 Å². The van der Waals surface area contributed by atoms with Crippen molar-refractivity contribution in [2.75, 3.05) is 20.2 Å². The van der Waals surface area contributed by atoms with Gasteiger partial charge in [0.15, 0.2) is 6.10 Å². The van der Waals surface area contributed by atoms with Gasteiger partial charge < -0.3 is 15.4 Å². The Morgan fingerprint density at radius 2 is 2.14 bits per heavy atom. The third-order valence-electron chi connectivity index (χ3n) is 4.52. The molecule has 0 saturated carbocycles. The maximum atomic E-state index is 12.8. The summed E-state index contributed by atoms with van der Waals surface area (Å²) < 4.78 is 5.47. The molecule has 2 N–H and O–H groups in total. The Balaban J connectivity index is 2.13. The first-order chi connectivity index (χ1) is 10.2. The van der Waals surface area contributed by atoms with Crippen molar-refractivity contribution in [1.29, 1.82) is 0 Å². The highest BCUT2D eigenvalue weighted by Crippen LogP contribution is 2.28. The summed E-state index contributed by atoms with van der Waals surface area (Å²) in [4.78, 5) is 14.8. The van der Waals surface area contributed by atoms with Crippen molar-refractivity contribution in [2.45, 2.75) is 38.3 Å². The smallest absolute Gasteiger partial charge is 0.256 e. The molecule has 3 unspecified atom stereocenters. The van der Waals surface area contributed by atoms with E-state index in [-0.39, 0.29) is 11.9 Å². The van der Waals surface area contributed by atoms with Crippen LogP contribution in [0.1, 0.15) is 37.9 Å². The molecular formula is C17H26N2O2. The monoisotopic (exact) mass is 290 g/mol. The molecule has 1 aromatic carbocycles. The van der Waals surface area contributed by atoms with E-state index >= 15 is 0 Å². The Kier molecular flexibility index (Phi) is 5.76. The lowest BCUT2D eigenvalue weighted by molar-refractivity contribution is -0.146. The largest absolute Gasteiger partial charge is 0.367 e. The Morgan fingerprint density at radius 3 is 2.71 bits per heavy atom. The van der Waals surface area contributed by atoms with Crippen LogP contribution in [-0.4, -0.2) is 37.0 Å². The average Bonchev–Trinajstić information content (AvgIpc) is 2.55. The molecule has 2 rings (SSSR count). The van der Waals surface area contributed by atoms with Crippen molar-refractivity contribution in [3.8, 4) is 0 Å². The molecule has 1 heterocycles. The van der Waals surface area contributed by atoms with Crippen molar-refractivity contribution in [2.24, 2.45) is 11.7 Å². The number of rotatable bonds is 5. The second kappa shape index (κ2) is 7.57. The number of nitrogens with two attached hydrogens (primary N) is 1. The highest BCUT2D eigenvalue weighted by molar-refractivity contribution is 5.82. The zero-order valence-corrected chi connectivity index (χ0v) is 13.0. The number of piperidine rings is 1. The molecule has 0 aromatic heterocycles. The molecule has 0 bridgehead atoms. The highest BCUT2D eigenvalue weighted by Gasteiger charge is 2.34. The number of hydrogen-bond acceptors (Lipinski definition) is 3. The summed E-state index contributed by atoms with van der Waals surface area (Å²) >= 11 is 0. The highest BCUT2D eigenvalue weighted by atomic mass is 16.5. The summed E-state index contributed by atoms with van der Waals surface area (Å²) in [7, 11) is 1.59. The van der Waals surface area contributed by atoms with E-state index in [0.29, 0.717) is 12.5 Å². The van der Waals surface area contributed by atoms with E-state index in [9.17, 15) is 4.79 Å². The normalized spacial score (nSPS) is 23.9. The third-order valence-corrected chi connectivity index (χ3v) is 4.52.